The van der Waals surface area contributed by atoms with Crippen LogP contribution in [-0.4, -0.2) is 50.1 Å². The molecule has 0 radical (unpaired) electrons. The van der Waals surface area contributed by atoms with Crippen LogP contribution < -0.4 is 10.6 Å². The molecule has 0 bridgehead atoms. The van der Waals surface area contributed by atoms with Crippen LogP contribution in [-0.2, 0) is 6.42 Å². The molecule has 0 fully saturated rings. The molecule has 2 aromatic heterocycles. The number of likely N-dealkylation sites (N-methyl/N-ethyl adjacent to an activating group) is 1. The number of rotatable bonds is 7. The molecule has 0 spiro atoms. The fourth-order valence-electron chi connectivity index (χ4n) is 3.11. The van der Waals surface area contributed by atoms with E-state index in [4.69, 9.17) is 0 Å². The van der Waals surface area contributed by atoms with Gasteiger partial charge in [-0.25, -0.2) is 4.39 Å². The molecular weight excluding hydrogens is 488 g/mol. The van der Waals surface area contributed by atoms with Crippen molar-refractivity contribution < 1.29 is 4.39 Å². The molecule has 3 N–H and O–H groups in total. The van der Waals surface area contributed by atoms with E-state index < -0.39 is 0 Å². The predicted molar refractivity (Wildman–Crippen MR) is 127 cm³/mol. The average molecular weight is 515 g/mol. The van der Waals surface area contributed by atoms with E-state index in [9.17, 15) is 4.39 Å². The SMILES string of the molecule is CN=C(NCCc1c[nH]c2ccc(F)cc12)NCC(c1cccs1)N(C)C.I. The molecule has 3 aromatic rings. The highest BCUT2D eigenvalue weighted by atomic mass is 127. The summed E-state index contributed by atoms with van der Waals surface area (Å²) in [5, 5.41) is 9.78. The second-order valence-corrected chi connectivity index (χ2v) is 7.61. The van der Waals surface area contributed by atoms with E-state index in [1.165, 1.54) is 10.9 Å². The van der Waals surface area contributed by atoms with E-state index in [2.05, 4.69) is 57.1 Å². The largest absolute Gasteiger partial charge is 0.361 e. The van der Waals surface area contributed by atoms with Crippen molar-refractivity contribution >= 4 is 52.2 Å². The van der Waals surface area contributed by atoms with Crippen molar-refractivity contribution in [3.8, 4) is 0 Å². The first-order valence-electron chi connectivity index (χ1n) is 8.98. The first-order valence-corrected chi connectivity index (χ1v) is 9.86. The minimum absolute atomic E-state index is 0. The van der Waals surface area contributed by atoms with Crippen LogP contribution >= 0.6 is 35.3 Å². The summed E-state index contributed by atoms with van der Waals surface area (Å²) in [6.45, 7) is 1.49. The van der Waals surface area contributed by atoms with Crippen LogP contribution in [0.25, 0.3) is 10.9 Å². The number of H-pyrrole nitrogens is 1. The minimum atomic E-state index is -0.211. The number of aromatic amines is 1. The molecule has 1 aromatic carbocycles. The summed E-state index contributed by atoms with van der Waals surface area (Å²) in [7, 11) is 5.93. The molecule has 152 valence electrons. The van der Waals surface area contributed by atoms with E-state index in [0.29, 0.717) is 6.04 Å². The summed E-state index contributed by atoms with van der Waals surface area (Å²) >= 11 is 1.76. The summed E-state index contributed by atoms with van der Waals surface area (Å²) in [5.74, 6) is 0.557. The van der Waals surface area contributed by atoms with Crippen molar-refractivity contribution in [2.45, 2.75) is 12.5 Å². The predicted octanol–water partition coefficient (Wildman–Crippen LogP) is 4.00. The lowest BCUT2D eigenvalue weighted by Crippen LogP contribution is -2.42. The van der Waals surface area contributed by atoms with E-state index in [0.717, 1.165) is 41.9 Å². The van der Waals surface area contributed by atoms with Crippen molar-refractivity contribution in [3.05, 3.63) is 58.2 Å². The zero-order chi connectivity index (χ0) is 19.2. The molecular formula is C20H27FIN5S. The van der Waals surface area contributed by atoms with E-state index in [1.807, 2.05) is 6.20 Å². The summed E-state index contributed by atoms with van der Waals surface area (Å²) in [6.07, 6.45) is 2.73. The fraction of sp³-hybridized carbons (Fsp3) is 0.350. The van der Waals surface area contributed by atoms with Gasteiger partial charge in [-0.15, -0.1) is 35.3 Å². The summed E-state index contributed by atoms with van der Waals surface area (Å²) in [5.41, 5.74) is 2.05. The van der Waals surface area contributed by atoms with Gasteiger partial charge in [0.15, 0.2) is 5.96 Å². The zero-order valence-corrected chi connectivity index (χ0v) is 19.5. The molecule has 1 unspecified atom stereocenters. The second-order valence-electron chi connectivity index (χ2n) is 6.63. The van der Waals surface area contributed by atoms with Gasteiger partial charge in [-0.1, -0.05) is 6.07 Å². The minimum Gasteiger partial charge on any atom is -0.361 e. The molecule has 0 saturated carbocycles. The number of fused-ring (bicyclic) bond motifs is 1. The number of benzene rings is 1. The molecule has 3 rings (SSSR count). The summed E-state index contributed by atoms with van der Waals surface area (Å²) < 4.78 is 13.5. The molecule has 5 nitrogen and oxygen atoms in total. The smallest absolute Gasteiger partial charge is 0.191 e. The van der Waals surface area contributed by atoms with Crippen LogP contribution in [0.15, 0.2) is 46.9 Å². The molecule has 2 heterocycles. The molecule has 1 atom stereocenters. The van der Waals surface area contributed by atoms with Gasteiger partial charge in [-0.05, 0) is 55.7 Å². The maximum Gasteiger partial charge on any atom is 0.191 e. The van der Waals surface area contributed by atoms with Crippen molar-refractivity contribution in [1.82, 2.24) is 20.5 Å². The number of thiophene rings is 1. The van der Waals surface area contributed by atoms with Crippen LogP contribution in [0.1, 0.15) is 16.5 Å². The van der Waals surface area contributed by atoms with Gasteiger partial charge in [-0.3, -0.25) is 4.99 Å². The molecule has 0 aliphatic rings. The Morgan fingerprint density at radius 3 is 2.79 bits per heavy atom. The van der Waals surface area contributed by atoms with Gasteiger partial charge >= 0.3 is 0 Å². The third-order valence-corrected chi connectivity index (χ3v) is 5.57. The zero-order valence-electron chi connectivity index (χ0n) is 16.3. The molecule has 0 aliphatic carbocycles. The van der Waals surface area contributed by atoms with E-state index >= 15 is 0 Å². The second kappa shape index (κ2) is 10.8. The summed E-state index contributed by atoms with van der Waals surface area (Å²) in [4.78, 5) is 11.0. The van der Waals surface area contributed by atoms with Gasteiger partial charge in [0.05, 0.1) is 6.04 Å². The first kappa shape index (κ1) is 22.6. The van der Waals surface area contributed by atoms with Crippen molar-refractivity contribution in [3.63, 3.8) is 0 Å². The Hall–Kier alpha value is -1.65. The van der Waals surface area contributed by atoms with Crippen LogP contribution in [0.2, 0.25) is 0 Å². The monoisotopic (exact) mass is 515 g/mol. The number of guanidine groups is 1. The Morgan fingerprint density at radius 1 is 1.29 bits per heavy atom. The van der Waals surface area contributed by atoms with Crippen molar-refractivity contribution in [2.75, 3.05) is 34.2 Å². The van der Waals surface area contributed by atoms with Crippen molar-refractivity contribution in [1.29, 1.82) is 0 Å². The highest BCUT2D eigenvalue weighted by Crippen LogP contribution is 2.22. The van der Waals surface area contributed by atoms with Crippen LogP contribution in [0.4, 0.5) is 4.39 Å². The molecule has 0 amide bonds. The van der Waals surface area contributed by atoms with Crippen LogP contribution in [0.3, 0.4) is 0 Å². The first-order chi connectivity index (χ1) is 13.1. The van der Waals surface area contributed by atoms with Gasteiger partial charge < -0.3 is 20.5 Å². The lowest BCUT2D eigenvalue weighted by Gasteiger charge is -2.24. The average Bonchev–Trinajstić information content (AvgIpc) is 3.30. The van der Waals surface area contributed by atoms with Gasteiger partial charge in [0, 0.05) is 42.1 Å². The molecule has 0 saturated heterocycles. The Bertz CT molecular complexity index is 891. The number of aliphatic imine (C=N–C) groups is 1. The third kappa shape index (κ3) is 5.68. The molecule has 28 heavy (non-hydrogen) atoms. The van der Waals surface area contributed by atoms with Crippen LogP contribution in [0.5, 0.6) is 0 Å². The normalized spacial score (nSPS) is 12.8. The van der Waals surface area contributed by atoms with E-state index in [-0.39, 0.29) is 29.8 Å². The summed E-state index contributed by atoms with van der Waals surface area (Å²) in [6, 6.07) is 9.35. The highest BCUT2D eigenvalue weighted by molar-refractivity contribution is 14.0. The van der Waals surface area contributed by atoms with Gasteiger partial charge in [0.2, 0.25) is 0 Å². The lowest BCUT2D eigenvalue weighted by atomic mass is 10.1. The topological polar surface area (TPSA) is 55.5 Å². The Balaban J connectivity index is 0.00000280. The molecule has 8 heteroatoms. The standard InChI is InChI=1S/C20H26FN5S.HI/c1-22-20(25-13-18(26(2)3)19-5-4-10-27-19)23-9-8-14-12-24-17-7-6-15(21)11-16(14)17;/h4-7,10-12,18,24H,8-9,13H2,1-3H3,(H2,22,23,25);1H. The number of hydrogen-bond donors (Lipinski definition) is 3. The van der Waals surface area contributed by atoms with E-state index in [1.54, 1.807) is 30.5 Å². The number of hydrogen-bond acceptors (Lipinski definition) is 3. The third-order valence-electron chi connectivity index (χ3n) is 4.60. The number of halogens is 2. The van der Waals surface area contributed by atoms with Crippen LogP contribution in [0, 0.1) is 5.82 Å². The van der Waals surface area contributed by atoms with Gasteiger partial charge in [0.1, 0.15) is 5.82 Å². The van der Waals surface area contributed by atoms with Gasteiger partial charge in [0.25, 0.3) is 0 Å². The maximum atomic E-state index is 13.5. The maximum absolute atomic E-state index is 13.5. The lowest BCUT2D eigenvalue weighted by molar-refractivity contribution is 0.302. The quantitative estimate of drug-likeness (QED) is 0.254. The fourth-order valence-corrected chi connectivity index (χ4v) is 4.03. The molecule has 0 aliphatic heterocycles. The Kier molecular flexibility index (Phi) is 8.71. The number of nitrogens with zero attached hydrogens (tertiary/aromatic N) is 2. The number of aromatic nitrogens is 1. The Morgan fingerprint density at radius 2 is 2.11 bits per heavy atom. The Labute approximate surface area is 186 Å². The number of nitrogens with one attached hydrogen (secondary N) is 3. The highest BCUT2D eigenvalue weighted by Gasteiger charge is 2.15. The van der Waals surface area contributed by atoms with Gasteiger partial charge in [-0.2, -0.15) is 0 Å². The van der Waals surface area contributed by atoms with Crippen molar-refractivity contribution in [2.24, 2.45) is 4.99 Å².